The second-order valence-electron chi connectivity index (χ2n) is 6.61. The van der Waals surface area contributed by atoms with E-state index in [2.05, 4.69) is 27.5 Å². The number of rotatable bonds is 6. The van der Waals surface area contributed by atoms with Crippen LogP contribution >= 0.6 is 23.5 Å². The summed E-state index contributed by atoms with van der Waals surface area (Å²) < 4.78 is 9.22. The van der Waals surface area contributed by atoms with Crippen LogP contribution in [-0.4, -0.2) is 39.0 Å². The molecule has 1 unspecified atom stereocenters. The minimum Gasteiger partial charge on any atom is -0.302 e. The maximum absolute atomic E-state index is 4.66. The van der Waals surface area contributed by atoms with E-state index in [0.717, 1.165) is 11.8 Å². The summed E-state index contributed by atoms with van der Waals surface area (Å²) in [5, 5.41) is 1.23. The summed E-state index contributed by atoms with van der Waals surface area (Å²) in [4.78, 5) is 2.62. The van der Waals surface area contributed by atoms with E-state index < -0.39 is 0 Å². The first-order valence-electron chi connectivity index (χ1n) is 7.91. The quantitative estimate of drug-likeness (QED) is 0.589. The van der Waals surface area contributed by atoms with Crippen molar-refractivity contribution in [2.24, 2.45) is 11.8 Å². The standard InChI is InChI=1S/C15H25N3S2/c1-11(2)5-4-8-19-15-14(16-20-17-15)13-10-18-7-3-6-12(13)9-18/h11-13H,3-10H2,1-2H3/t12-,13-/m0/s1. The van der Waals surface area contributed by atoms with Gasteiger partial charge in [0.05, 0.1) is 17.4 Å². The van der Waals surface area contributed by atoms with Crippen molar-refractivity contribution in [2.75, 3.05) is 25.4 Å². The van der Waals surface area contributed by atoms with Crippen LogP contribution in [0.25, 0.3) is 0 Å². The number of nitrogens with zero attached hydrogens (tertiary/aromatic N) is 3. The van der Waals surface area contributed by atoms with Gasteiger partial charge in [0.25, 0.3) is 0 Å². The van der Waals surface area contributed by atoms with Crippen molar-refractivity contribution >= 4 is 23.5 Å². The molecule has 3 heterocycles. The van der Waals surface area contributed by atoms with Crippen molar-refractivity contribution in [1.82, 2.24) is 13.6 Å². The van der Waals surface area contributed by atoms with E-state index in [0.29, 0.717) is 5.92 Å². The van der Waals surface area contributed by atoms with Gasteiger partial charge in [0.2, 0.25) is 0 Å². The summed E-state index contributed by atoms with van der Waals surface area (Å²) in [5.41, 5.74) is 1.32. The summed E-state index contributed by atoms with van der Waals surface area (Å²) in [6, 6.07) is 0. The van der Waals surface area contributed by atoms with E-state index in [-0.39, 0.29) is 0 Å². The maximum Gasteiger partial charge on any atom is 0.134 e. The summed E-state index contributed by atoms with van der Waals surface area (Å²) in [5.74, 6) is 3.49. The normalized spacial score (nSPS) is 29.2. The molecular formula is C15H25N3S2. The highest BCUT2D eigenvalue weighted by Gasteiger charge is 2.38. The molecule has 2 bridgehead atoms. The number of aromatic nitrogens is 2. The van der Waals surface area contributed by atoms with E-state index in [1.807, 2.05) is 11.8 Å². The van der Waals surface area contributed by atoms with Crippen LogP contribution in [0, 0.1) is 11.8 Å². The Morgan fingerprint density at radius 3 is 3.05 bits per heavy atom. The van der Waals surface area contributed by atoms with Crippen molar-refractivity contribution in [3.8, 4) is 0 Å². The maximum atomic E-state index is 4.66. The van der Waals surface area contributed by atoms with E-state index >= 15 is 0 Å². The molecule has 5 heteroatoms. The molecule has 0 amide bonds. The molecule has 2 aliphatic heterocycles. The summed E-state index contributed by atoms with van der Waals surface area (Å²) in [6.07, 6.45) is 5.37. The smallest absolute Gasteiger partial charge is 0.134 e. The largest absolute Gasteiger partial charge is 0.302 e. The Morgan fingerprint density at radius 2 is 2.25 bits per heavy atom. The molecule has 0 aliphatic carbocycles. The zero-order valence-corrected chi connectivity index (χ0v) is 14.2. The van der Waals surface area contributed by atoms with Gasteiger partial charge in [-0.2, -0.15) is 8.75 Å². The predicted octanol–water partition coefficient (Wildman–Crippen LogP) is 3.88. The van der Waals surface area contributed by atoms with Crippen molar-refractivity contribution in [3.63, 3.8) is 0 Å². The minimum atomic E-state index is 0.656. The Hall–Kier alpha value is -0.130. The Morgan fingerprint density at radius 1 is 1.35 bits per heavy atom. The van der Waals surface area contributed by atoms with Gasteiger partial charge in [0.15, 0.2) is 0 Å². The molecule has 112 valence electrons. The number of fused-ring (bicyclic) bond motifs is 2. The van der Waals surface area contributed by atoms with Gasteiger partial charge in [-0.15, -0.1) is 11.8 Å². The fourth-order valence-corrected chi connectivity index (χ4v) is 5.23. The molecule has 0 saturated carbocycles. The van der Waals surface area contributed by atoms with E-state index in [1.165, 1.54) is 73.5 Å². The number of hydrogen-bond acceptors (Lipinski definition) is 5. The molecule has 3 rings (SSSR count). The van der Waals surface area contributed by atoms with Gasteiger partial charge in [-0.1, -0.05) is 20.3 Å². The third-order valence-electron chi connectivity index (χ3n) is 4.56. The Kier molecular flexibility index (Phi) is 5.00. The molecular weight excluding hydrogens is 286 g/mol. The average Bonchev–Trinajstić information content (AvgIpc) is 2.99. The third kappa shape index (κ3) is 3.37. The molecule has 2 fully saturated rings. The number of piperidine rings is 1. The van der Waals surface area contributed by atoms with Gasteiger partial charge in [-0.05, 0) is 43.4 Å². The highest BCUT2D eigenvalue weighted by Crippen LogP contribution is 2.41. The van der Waals surface area contributed by atoms with E-state index in [4.69, 9.17) is 0 Å². The van der Waals surface area contributed by atoms with Crippen LogP contribution in [0.4, 0.5) is 0 Å². The van der Waals surface area contributed by atoms with Gasteiger partial charge in [-0.3, -0.25) is 0 Å². The Bertz CT molecular complexity index is 433. The zero-order chi connectivity index (χ0) is 13.9. The first-order chi connectivity index (χ1) is 9.74. The summed E-state index contributed by atoms with van der Waals surface area (Å²) >= 11 is 3.35. The van der Waals surface area contributed by atoms with Crippen LogP contribution in [0.1, 0.15) is 51.1 Å². The Balaban J connectivity index is 1.59. The van der Waals surface area contributed by atoms with E-state index in [9.17, 15) is 0 Å². The molecule has 0 N–H and O–H groups in total. The van der Waals surface area contributed by atoms with Crippen LogP contribution in [0.3, 0.4) is 0 Å². The molecule has 0 spiro atoms. The fraction of sp³-hybridized carbons (Fsp3) is 0.867. The van der Waals surface area contributed by atoms with Crippen LogP contribution < -0.4 is 0 Å². The van der Waals surface area contributed by atoms with Crippen molar-refractivity contribution < 1.29 is 0 Å². The highest BCUT2D eigenvalue weighted by molar-refractivity contribution is 7.99. The molecule has 3 nitrogen and oxygen atoms in total. The van der Waals surface area contributed by atoms with Gasteiger partial charge in [0.1, 0.15) is 5.03 Å². The lowest BCUT2D eigenvalue weighted by Crippen LogP contribution is -2.25. The van der Waals surface area contributed by atoms with Gasteiger partial charge in [-0.25, -0.2) is 0 Å². The summed E-state index contributed by atoms with van der Waals surface area (Å²) in [6.45, 7) is 8.40. The molecule has 0 radical (unpaired) electrons. The SMILES string of the molecule is CC(C)CCCSc1nsnc1[C@H]1CN2CCC[C@H]1C2. The monoisotopic (exact) mass is 311 g/mol. The van der Waals surface area contributed by atoms with Gasteiger partial charge in [0, 0.05) is 19.0 Å². The predicted molar refractivity (Wildman–Crippen MR) is 86.6 cm³/mol. The fourth-order valence-electron chi connectivity index (χ4n) is 3.50. The molecule has 2 saturated heterocycles. The zero-order valence-electron chi connectivity index (χ0n) is 12.5. The number of hydrogen-bond donors (Lipinski definition) is 0. The summed E-state index contributed by atoms with van der Waals surface area (Å²) in [7, 11) is 0. The first kappa shape index (κ1) is 14.8. The Labute approximate surface area is 130 Å². The first-order valence-corrected chi connectivity index (χ1v) is 9.63. The molecule has 1 aromatic rings. The molecule has 2 aliphatic rings. The topological polar surface area (TPSA) is 29.0 Å². The van der Waals surface area contributed by atoms with Gasteiger partial charge >= 0.3 is 0 Å². The minimum absolute atomic E-state index is 0.656. The molecule has 20 heavy (non-hydrogen) atoms. The van der Waals surface area contributed by atoms with Crippen LogP contribution in [0.5, 0.6) is 0 Å². The molecule has 3 atom stereocenters. The van der Waals surface area contributed by atoms with E-state index in [1.54, 1.807) is 0 Å². The van der Waals surface area contributed by atoms with Crippen molar-refractivity contribution in [2.45, 2.75) is 50.5 Å². The highest BCUT2D eigenvalue weighted by atomic mass is 32.2. The number of thioether (sulfide) groups is 1. The lowest BCUT2D eigenvalue weighted by Gasteiger charge is -2.21. The van der Waals surface area contributed by atoms with Crippen molar-refractivity contribution in [1.29, 1.82) is 0 Å². The molecule has 1 aromatic heterocycles. The lowest BCUT2D eigenvalue weighted by molar-refractivity contribution is 0.269. The average molecular weight is 312 g/mol. The van der Waals surface area contributed by atoms with Crippen LogP contribution in [-0.2, 0) is 0 Å². The lowest BCUT2D eigenvalue weighted by atomic mass is 9.89. The van der Waals surface area contributed by atoms with Crippen LogP contribution in [0.15, 0.2) is 5.03 Å². The third-order valence-corrected chi connectivity index (χ3v) is 6.29. The van der Waals surface area contributed by atoms with Crippen molar-refractivity contribution in [3.05, 3.63) is 5.69 Å². The second-order valence-corrected chi connectivity index (χ2v) is 8.22. The van der Waals surface area contributed by atoms with Gasteiger partial charge < -0.3 is 4.90 Å². The second kappa shape index (κ2) is 6.75. The van der Waals surface area contributed by atoms with Crippen LogP contribution in [0.2, 0.25) is 0 Å². The molecule has 0 aromatic carbocycles.